The number of unbranched alkanes of at least 4 members (excludes halogenated alkanes) is 2. The van der Waals surface area contributed by atoms with E-state index >= 15 is 0 Å². The minimum absolute atomic E-state index is 0.444. The molecule has 0 N–H and O–H groups in total. The normalized spacial score (nSPS) is 27.7. The Kier molecular flexibility index (Phi) is 9.29. The molecule has 1 aromatic carbocycles. The van der Waals surface area contributed by atoms with Crippen LogP contribution in [-0.4, -0.2) is 12.7 Å². The van der Waals surface area contributed by atoms with Crippen LogP contribution in [0.25, 0.3) is 0 Å². The van der Waals surface area contributed by atoms with Crippen molar-refractivity contribution in [2.24, 2.45) is 11.8 Å². The highest BCUT2D eigenvalue weighted by Gasteiger charge is 2.25. The fourth-order valence-electron chi connectivity index (χ4n) is 5.10. The quantitative estimate of drug-likeness (QED) is 0.324. The summed E-state index contributed by atoms with van der Waals surface area (Å²) in [5, 5.41) is 8.66. The second-order valence-corrected chi connectivity index (χ2v) is 9.27. The average Bonchev–Trinajstić information content (AvgIpc) is 2.78. The summed E-state index contributed by atoms with van der Waals surface area (Å²) in [6.07, 6.45) is 19.2. The Hall–Kier alpha value is -1.59. The van der Waals surface area contributed by atoms with E-state index < -0.39 is 0 Å². The van der Waals surface area contributed by atoms with Crippen LogP contribution in [0.5, 0.6) is 0 Å². The smallest absolute Gasteiger partial charge is 0.0908 e. The lowest BCUT2D eigenvalue weighted by atomic mass is 9.78. The van der Waals surface area contributed by atoms with Crippen molar-refractivity contribution >= 4 is 0 Å². The van der Waals surface area contributed by atoms with Crippen molar-refractivity contribution in [3.63, 3.8) is 0 Å². The zero-order chi connectivity index (χ0) is 20.3. The minimum Gasteiger partial charge on any atom is -0.378 e. The van der Waals surface area contributed by atoms with Crippen LogP contribution in [0.2, 0.25) is 0 Å². The van der Waals surface area contributed by atoms with E-state index in [1.807, 2.05) is 0 Å². The molecule has 2 fully saturated rings. The van der Waals surface area contributed by atoms with Crippen LogP contribution in [0.3, 0.4) is 0 Å². The van der Waals surface area contributed by atoms with Gasteiger partial charge in [0.1, 0.15) is 0 Å². The molecule has 0 radical (unpaired) electrons. The molecule has 0 unspecified atom stereocenters. The number of rotatable bonds is 9. The number of hydrogen-bond acceptors (Lipinski definition) is 2. The van der Waals surface area contributed by atoms with Gasteiger partial charge in [-0.25, -0.2) is 0 Å². The highest BCUT2D eigenvalue weighted by molar-refractivity contribution is 5.26. The number of nitrogens with zero attached hydrogens (tertiary/aromatic N) is 1. The predicted molar refractivity (Wildman–Crippen MR) is 121 cm³/mol. The number of aryl methyl sites for hydroxylation is 1. The van der Waals surface area contributed by atoms with Gasteiger partial charge in [0.15, 0.2) is 0 Å². The van der Waals surface area contributed by atoms with Crippen LogP contribution in [0, 0.1) is 23.2 Å². The maximum Gasteiger partial charge on any atom is 0.0908 e. The minimum atomic E-state index is 0.444. The second kappa shape index (κ2) is 12.2. The van der Waals surface area contributed by atoms with Gasteiger partial charge in [-0.05, 0) is 93.1 Å². The van der Waals surface area contributed by atoms with Gasteiger partial charge in [-0.3, -0.25) is 0 Å². The zero-order valence-corrected chi connectivity index (χ0v) is 18.3. The molecule has 29 heavy (non-hydrogen) atoms. The third kappa shape index (κ3) is 7.31. The molecule has 0 heterocycles. The molecule has 0 amide bonds. The molecule has 2 nitrogen and oxygen atoms in total. The number of hydrogen-bond donors (Lipinski definition) is 0. The summed E-state index contributed by atoms with van der Waals surface area (Å²) >= 11 is 0. The van der Waals surface area contributed by atoms with Crippen LogP contribution in [0.4, 0.5) is 0 Å². The number of ether oxygens (including phenoxy) is 1. The Labute approximate surface area is 178 Å². The maximum atomic E-state index is 8.66. The summed E-state index contributed by atoms with van der Waals surface area (Å²) in [6, 6.07) is 11.6. The molecule has 3 rings (SSSR count). The Morgan fingerprint density at radius 1 is 0.966 bits per heavy atom. The van der Waals surface area contributed by atoms with Gasteiger partial charge in [0.05, 0.1) is 12.2 Å². The summed E-state index contributed by atoms with van der Waals surface area (Å²) < 4.78 is 6.29. The molecule has 0 aromatic heterocycles. The van der Waals surface area contributed by atoms with E-state index in [0.29, 0.717) is 12.0 Å². The van der Waals surface area contributed by atoms with Gasteiger partial charge in [0.25, 0.3) is 0 Å². The lowest BCUT2D eigenvalue weighted by molar-refractivity contribution is -0.00456. The Bertz CT molecular complexity index is 640. The summed E-state index contributed by atoms with van der Waals surface area (Å²) in [4.78, 5) is 0. The van der Waals surface area contributed by atoms with E-state index in [1.54, 1.807) is 11.6 Å². The average molecular weight is 394 g/mol. The van der Waals surface area contributed by atoms with E-state index in [0.717, 1.165) is 31.3 Å². The Morgan fingerprint density at radius 3 is 2.34 bits per heavy atom. The van der Waals surface area contributed by atoms with E-state index in [1.165, 1.54) is 69.8 Å². The van der Waals surface area contributed by atoms with Gasteiger partial charge in [-0.15, -0.1) is 0 Å². The van der Waals surface area contributed by atoms with E-state index in [4.69, 9.17) is 10.00 Å². The van der Waals surface area contributed by atoms with Gasteiger partial charge in [0.2, 0.25) is 0 Å². The highest BCUT2D eigenvalue weighted by atomic mass is 16.5. The van der Waals surface area contributed by atoms with Crippen LogP contribution in [0.1, 0.15) is 94.6 Å². The molecule has 0 spiro atoms. The molecule has 2 aliphatic rings. The first-order valence-corrected chi connectivity index (χ1v) is 12.0. The lowest BCUT2D eigenvalue weighted by Gasteiger charge is -2.32. The molecule has 2 heteroatoms. The number of allylic oxidation sites excluding steroid dienone is 2. The molecule has 158 valence electrons. The standard InChI is InChI=1S/C27H39NO/c1-2-3-4-6-22-8-14-25(15-9-22)26-16-10-24(11-17-26)21-29-27-18-12-23(13-19-27)7-5-20-28/h5,7-9,14-15,23-24,26-27H,2-4,6,10-13,16-19,21H2,1H3. The first-order valence-electron chi connectivity index (χ1n) is 12.0. The van der Waals surface area contributed by atoms with Crippen molar-refractivity contribution in [1.82, 2.24) is 0 Å². The van der Waals surface area contributed by atoms with Crippen molar-refractivity contribution in [1.29, 1.82) is 5.26 Å². The van der Waals surface area contributed by atoms with Gasteiger partial charge >= 0.3 is 0 Å². The van der Waals surface area contributed by atoms with Crippen molar-refractivity contribution in [3.05, 3.63) is 47.5 Å². The van der Waals surface area contributed by atoms with Crippen molar-refractivity contribution < 1.29 is 4.74 Å². The summed E-state index contributed by atoms with van der Waals surface area (Å²) in [5.74, 6) is 2.08. The van der Waals surface area contributed by atoms with Crippen molar-refractivity contribution in [2.45, 2.75) is 96.0 Å². The molecule has 0 aliphatic heterocycles. The maximum absolute atomic E-state index is 8.66. The highest BCUT2D eigenvalue weighted by Crippen LogP contribution is 2.36. The van der Waals surface area contributed by atoms with Gasteiger partial charge in [-0.2, -0.15) is 5.26 Å². The van der Waals surface area contributed by atoms with Crippen molar-refractivity contribution in [2.75, 3.05) is 6.61 Å². The summed E-state index contributed by atoms with van der Waals surface area (Å²) in [5.41, 5.74) is 3.05. The largest absolute Gasteiger partial charge is 0.378 e. The summed E-state index contributed by atoms with van der Waals surface area (Å²) in [6.45, 7) is 3.22. The molecule has 0 atom stereocenters. The predicted octanol–water partition coefficient (Wildman–Crippen LogP) is 7.35. The lowest BCUT2D eigenvalue weighted by Crippen LogP contribution is -2.25. The zero-order valence-electron chi connectivity index (χ0n) is 18.3. The molecular weight excluding hydrogens is 354 g/mol. The molecule has 0 saturated heterocycles. The Balaban J connectivity index is 1.33. The van der Waals surface area contributed by atoms with E-state index in [2.05, 4.69) is 43.3 Å². The first-order chi connectivity index (χ1) is 14.3. The molecular formula is C27H39NO. The fraction of sp³-hybridized carbons (Fsp3) is 0.667. The molecule has 0 bridgehead atoms. The van der Waals surface area contributed by atoms with Crippen LogP contribution < -0.4 is 0 Å². The third-order valence-corrected chi connectivity index (χ3v) is 7.10. The molecule has 2 saturated carbocycles. The molecule has 2 aliphatic carbocycles. The van der Waals surface area contributed by atoms with Crippen LogP contribution in [0.15, 0.2) is 36.4 Å². The van der Waals surface area contributed by atoms with E-state index in [-0.39, 0.29) is 0 Å². The van der Waals surface area contributed by atoms with Crippen LogP contribution in [-0.2, 0) is 11.2 Å². The monoisotopic (exact) mass is 393 g/mol. The topological polar surface area (TPSA) is 33.0 Å². The fourth-order valence-corrected chi connectivity index (χ4v) is 5.10. The number of nitriles is 1. The SMILES string of the molecule is CCCCCc1ccc(C2CCC(COC3CCC(C=CC#N)CC3)CC2)cc1. The van der Waals surface area contributed by atoms with Gasteiger partial charge < -0.3 is 4.74 Å². The first kappa shape index (κ1) is 22.1. The molecule has 1 aromatic rings. The Morgan fingerprint density at radius 2 is 1.69 bits per heavy atom. The van der Waals surface area contributed by atoms with E-state index in [9.17, 15) is 0 Å². The third-order valence-electron chi connectivity index (χ3n) is 7.10. The second-order valence-electron chi connectivity index (χ2n) is 9.27. The van der Waals surface area contributed by atoms with Gasteiger partial charge in [0, 0.05) is 12.7 Å². The van der Waals surface area contributed by atoms with Crippen molar-refractivity contribution in [3.8, 4) is 6.07 Å². The number of benzene rings is 1. The van der Waals surface area contributed by atoms with Gasteiger partial charge in [-0.1, -0.05) is 50.1 Å². The summed E-state index contributed by atoms with van der Waals surface area (Å²) in [7, 11) is 0. The van der Waals surface area contributed by atoms with Crippen LogP contribution >= 0.6 is 0 Å².